The Balaban J connectivity index is 1.62. The molecule has 1 aliphatic rings. The Morgan fingerprint density at radius 1 is 1.42 bits per heavy atom. The monoisotopic (exact) mass is 264 g/mol. The van der Waals surface area contributed by atoms with Crippen molar-refractivity contribution < 1.29 is 14.6 Å². The average molecular weight is 264 g/mol. The minimum absolute atomic E-state index is 0.0908. The van der Waals surface area contributed by atoms with E-state index < -0.39 is 0 Å². The van der Waals surface area contributed by atoms with Crippen molar-refractivity contribution >= 4 is 5.91 Å². The first-order valence-corrected chi connectivity index (χ1v) is 6.47. The number of phenolic OH excluding ortho intramolecular Hbond substituents is 1. The summed E-state index contributed by atoms with van der Waals surface area (Å²) in [6, 6.07) is 6.98. The van der Waals surface area contributed by atoms with Gasteiger partial charge in [0.05, 0.1) is 5.60 Å². The number of hydrogen-bond acceptors (Lipinski definition) is 4. The average Bonchev–Trinajstić information content (AvgIpc) is 2.36. The fourth-order valence-electron chi connectivity index (χ4n) is 1.88. The van der Waals surface area contributed by atoms with Crippen LogP contribution in [0.15, 0.2) is 24.3 Å². The largest absolute Gasteiger partial charge is 0.508 e. The van der Waals surface area contributed by atoms with E-state index in [0.29, 0.717) is 6.54 Å². The van der Waals surface area contributed by atoms with E-state index >= 15 is 0 Å². The van der Waals surface area contributed by atoms with Gasteiger partial charge in [0.25, 0.3) is 0 Å². The Kier molecular flexibility index (Phi) is 4.39. The summed E-state index contributed by atoms with van der Waals surface area (Å²) in [5.41, 5.74) is 0.892. The van der Waals surface area contributed by atoms with Crippen LogP contribution in [-0.2, 0) is 16.0 Å². The molecule has 0 atom stereocenters. The maximum atomic E-state index is 11.6. The van der Waals surface area contributed by atoms with Gasteiger partial charge in [0.1, 0.15) is 12.4 Å². The van der Waals surface area contributed by atoms with Gasteiger partial charge in [-0.05, 0) is 31.0 Å². The summed E-state index contributed by atoms with van der Waals surface area (Å²) in [7, 11) is 0. The summed E-state index contributed by atoms with van der Waals surface area (Å²) < 4.78 is 5.54. The third kappa shape index (κ3) is 4.22. The number of nitrogens with one attached hydrogen (secondary N) is 2. The van der Waals surface area contributed by atoms with Crippen LogP contribution in [0.3, 0.4) is 0 Å². The van der Waals surface area contributed by atoms with Crippen LogP contribution in [0.25, 0.3) is 0 Å². The summed E-state index contributed by atoms with van der Waals surface area (Å²) in [4.78, 5) is 11.6. The van der Waals surface area contributed by atoms with Crippen molar-refractivity contribution in [2.24, 2.45) is 0 Å². The third-order valence-corrected chi connectivity index (χ3v) is 3.22. The molecule has 3 N–H and O–H groups in total. The summed E-state index contributed by atoms with van der Waals surface area (Å²) in [5, 5.41) is 15.1. The number of carbonyl (C=O) groups excluding carboxylic acids is 1. The second-order valence-corrected chi connectivity index (χ2v) is 5.11. The van der Waals surface area contributed by atoms with Crippen LogP contribution < -0.4 is 10.6 Å². The van der Waals surface area contributed by atoms with Crippen molar-refractivity contribution in [3.63, 3.8) is 0 Å². The Bertz CT molecular complexity index is 427. The summed E-state index contributed by atoms with van der Waals surface area (Å²) >= 11 is 0. The van der Waals surface area contributed by atoms with Gasteiger partial charge in [-0.15, -0.1) is 0 Å². The predicted molar refractivity (Wildman–Crippen MR) is 72.0 cm³/mol. The third-order valence-electron chi connectivity index (χ3n) is 3.22. The molecule has 1 heterocycles. The van der Waals surface area contributed by atoms with Crippen molar-refractivity contribution in [2.75, 3.05) is 26.2 Å². The zero-order valence-electron chi connectivity index (χ0n) is 11.1. The smallest absolute Gasteiger partial charge is 0.246 e. The number of hydrogen-bond donors (Lipinski definition) is 3. The summed E-state index contributed by atoms with van der Waals surface area (Å²) in [6.45, 7) is 4.27. The molecule has 19 heavy (non-hydrogen) atoms. The molecule has 0 saturated carbocycles. The Labute approximate surface area is 113 Å². The first-order chi connectivity index (χ1) is 9.07. The van der Waals surface area contributed by atoms with Crippen LogP contribution in [0.4, 0.5) is 0 Å². The number of amides is 1. The maximum absolute atomic E-state index is 11.6. The van der Waals surface area contributed by atoms with Crippen molar-refractivity contribution in [1.29, 1.82) is 0 Å². The van der Waals surface area contributed by atoms with Gasteiger partial charge in [0.2, 0.25) is 5.91 Å². The van der Waals surface area contributed by atoms with Crippen LogP contribution in [0.2, 0.25) is 0 Å². The Morgan fingerprint density at radius 2 is 2.11 bits per heavy atom. The highest BCUT2D eigenvalue weighted by atomic mass is 16.5. The van der Waals surface area contributed by atoms with Gasteiger partial charge < -0.3 is 20.5 Å². The first-order valence-electron chi connectivity index (χ1n) is 6.47. The van der Waals surface area contributed by atoms with E-state index in [4.69, 9.17) is 9.84 Å². The number of phenols is 1. The number of rotatable bonds is 6. The van der Waals surface area contributed by atoms with Crippen LogP contribution in [0.1, 0.15) is 12.5 Å². The van der Waals surface area contributed by atoms with Crippen molar-refractivity contribution in [3.05, 3.63) is 29.8 Å². The molecule has 1 aliphatic heterocycles. The SMILES string of the molecule is CC1(OCC(=O)NCCc2ccc(O)cc2)CNC1. The molecule has 2 rings (SSSR count). The van der Waals surface area contributed by atoms with Crippen molar-refractivity contribution in [1.82, 2.24) is 10.6 Å². The number of carbonyl (C=O) groups is 1. The molecule has 5 nitrogen and oxygen atoms in total. The molecule has 104 valence electrons. The molecule has 0 radical (unpaired) electrons. The lowest BCUT2D eigenvalue weighted by Gasteiger charge is -2.38. The van der Waals surface area contributed by atoms with Crippen LogP contribution >= 0.6 is 0 Å². The molecule has 0 bridgehead atoms. The lowest BCUT2D eigenvalue weighted by atomic mass is 10.0. The minimum atomic E-state index is -0.186. The van der Waals surface area contributed by atoms with E-state index in [0.717, 1.165) is 25.1 Å². The zero-order chi connectivity index (χ0) is 13.7. The maximum Gasteiger partial charge on any atom is 0.246 e. The highest BCUT2D eigenvalue weighted by Crippen LogP contribution is 2.14. The highest BCUT2D eigenvalue weighted by molar-refractivity contribution is 5.77. The van der Waals surface area contributed by atoms with E-state index in [9.17, 15) is 4.79 Å². The molecule has 0 aliphatic carbocycles. The molecule has 1 amide bonds. The lowest BCUT2D eigenvalue weighted by Crippen LogP contribution is -2.59. The molecule has 0 unspecified atom stereocenters. The molecule has 1 fully saturated rings. The summed E-state index contributed by atoms with van der Waals surface area (Å²) in [5.74, 6) is 0.162. The Hall–Kier alpha value is -1.59. The van der Waals surface area contributed by atoms with Gasteiger partial charge in [-0.3, -0.25) is 4.79 Å². The molecule has 5 heteroatoms. The molecule has 1 saturated heterocycles. The highest BCUT2D eigenvalue weighted by Gasteiger charge is 2.32. The van der Waals surface area contributed by atoms with Crippen LogP contribution in [-0.4, -0.2) is 42.9 Å². The van der Waals surface area contributed by atoms with E-state index in [1.165, 1.54) is 0 Å². The van der Waals surface area contributed by atoms with E-state index in [1.54, 1.807) is 12.1 Å². The predicted octanol–water partition coefficient (Wildman–Crippen LogP) is 0.429. The second-order valence-electron chi connectivity index (χ2n) is 5.11. The van der Waals surface area contributed by atoms with Gasteiger partial charge in [-0.2, -0.15) is 0 Å². The molecular formula is C14H20N2O3. The first kappa shape index (κ1) is 13.8. The number of benzene rings is 1. The van der Waals surface area contributed by atoms with Gasteiger partial charge in [-0.1, -0.05) is 12.1 Å². The Morgan fingerprint density at radius 3 is 2.68 bits per heavy atom. The summed E-state index contributed by atoms with van der Waals surface area (Å²) in [6.07, 6.45) is 0.741. The number of aromatic hydroxyl groups is 1. The second kappa shape index (κ2) is 6.04. The van der Waals surface area contributed by atoms with Crippen LogP contribution in [0, 0.1) is 0 Å². The van der Waals surface area contributed by atoms with Crippen LogP contribution in [0.5, 0.6) is 5.75 Å². The van der Waals surface area contributed by atoms with E-state index in [1.807, 2.05) is 19.1 Å². The van der Waals surface area contributed by atoms with Crippen molar-refractivity contribution in [2.45, 2.75) is 18.9 Å². The van der Waals surface area contributed by atoms with Gasteiger partial charge in [-0.25, -0.2) is 0 Å². The van der Waals surface area contributed by atoms with Gasteiger partial charge in [0.15, 0.2) is 0 Å². The normalized spacial score (nSPS) is 16.7. The molecule has 1 aromatic carbocycles. The molecule has 0 spiro atoms. The lowest BCUT2D eigenvalue weighted by molar-refractivity contribution is -0.135. The standard InChI is InChI=1S/C14H20N2O3/c1-14(9-15-10-14)19-8-13(18)16-7-6-11-2-4-12(17)5-3-11/h2-5,15,17H,6-10H2,1H3,(H,16,18). The van der Waals surface area contributed by atoms with E-state index in [-0.39, 0.29) is 23.9 Å². The van der Waals surface area contributed by atoms with Crippen molar-refractivity contribution in [3.8, 4) is 5.75 Å². The molecule has 1 aromatic rings. The van der Waals surface area contributed by atoms with E-state index in [2.05, 4.69) is 10.6 Å². The quantitative estimate of drug-likeness (QED) is 0.697. The molecular weight excluding hydrogens is 244 g/mol. The molecule has 0 aromatic heterocycles. The van der Waals surface area contributed by atoms with Gasteiger partial charge in [0, 0.05) is 19.6 Å². The van der Waals surface area contributed by atoms with Gasteiger partial charge >= 0.3 is 0 Å². The minimum Gasteiger partial charge on any atom is -0.508 e. The topological polar surface area (TPSA) is 70.6 Å². The number of ether oxygens (including phenoxy) is 1. The fraction of sp³-hybridized carbons (Fsp3) is 0.500. The zero-order valence-corrected chi connectivity index (χ0v) is 11.1. The fourth-order valence-corrected chi connectivity index (χ4v) is 1.88.